The first kappa shape index (κ1) is 15.0. The molecular weight excluding hydrogens is 248 g/mol. The van der Waals surface area contributed by atoms with E-state index in [1.165, 1.54) is 4.90 Å². The summed E-state index contributed by atoms with van der Waals surface area (Å²) in [5.74, 6) is -0.348. The summed E-state index contributed by atoms with van der Waals surface area (Å²) in [4.78, 5) is 23.7. The summed E-state index contributed by atoms with van der Waals surface area (Å²) >= 11 is 0. The molecule has 1 heterocycles. The Morgan fingerprint density at radius 3 is 2.63 bits per heavy atom. The van der Waals surface area contributed by atoms with Gasteiger partial charge in [-0.3, -0.25) is 10.1 Å². The maximum atomic E-state index is 11.9. The third kappa shape index (κ3) is 4.27. The molecule has 1 aromatic heterocycles. The van der Waals surface area contributed by atoms with E-state index in [9.17, 15) is 9.59 Å². The minimum absolute atomic E-state index is 0.0809. The van der Waals surface area contributed by atoms with Crippen LogP contribution in [0.25, 0.3) is 0 Å². The number of hydrogen-bond donors (Lipinski definition) is 2. The Bertz CT molecular complexity index is 462. The van der Waals surface area contributed by atoms with Crippen molar-refractivity contribution in [1.82, 2.24) is 14.7 Å². The lowest BCUT2D eigenvalue weighted by atomic mass is 10.1. The predicted molar refractivity (Wildman–Crippen MR) is 71.1 cm³/mol. The van der Waals surface area contributed by atoms with Crippen molar-refractivity contribution < 1.29 is 14.7 Å². The van der Waals surface area contributed by atoms with E-state index in [-0.39, 0.29) is 24.5 Å². The van der Waals surface area contributed by atoms with Crippen molar-refractivity contribution in [2.75, 3.05) is 18.9 Å². The van der Waals surface area contributed by atoms with Crippen LogP contribution in [-0.4, -0.2) is 45.4 Å². The summed E-state index contributed by atoms with van der Waals surface area (Å²) in [5, 5.41) is 15.5. The van der Waals surface area contributed by atoms with Crippen LogP contribution >= 0.6 is 0 Å². The first-order valence-corrected chi connectivity index (χ1v) is 6.00. The first-order chi connectivity index (χ1) is 8.71. The monoisotopic (exact) mass is 268 g/mol. The zero-order valence-corrected chi connectivity index (χ0v) is 11.7. The molecule has 0 spiro atoms. The fourth-order valence-electron chi connectivity index (χ4n) is 1.50. The van der Waals surface area contributed by atoms with Crippen LogP contribution in [0, 0.1) is 0 Å². The van der Waals surface area contributed by atoms with Crippen LogP contribution in [0.15, 0.2) is 12.3 Å². The second kappa shape index (κ2) is 5.73. The topological polar surface area (TPSA) is 87.5 Å². The van der Waals surface area contributed by atoms with Crippen molar-refractivity contribution >= 4 is 17.8 Å². The van der Waals surface area contributed by atoms with Gasteiger partial charge in [0.05, 0.1) is 18.2 Å². The van der Waals surface area contributed by atoms with Gasteiger partial charge in [-0.05, 0) is 20.8 Å². The summed E-state index contributed by atoms with van der Waals surface area (Å²) < 4.78 is 1.70. The summed E-state index contributed by atoms with van der Waals surface area (Å²) in [5.41, 5.74) is -0.244. The quantitative estimate of drug-likeness (QED) is 0.867. The zero-order valence-electron chi connectivity index (χ0n) is 11.7. The fourth-order valence-corrected chi connectivity index (χ4v) is 1.50. The van der Waals surface area contributed by atoms with E-state index in [2.05, 4.69) is 10.4 Å². The molecule has 1 rings (SSSR count). The van der Waals surface area contributed by atoms with Gasteiger partial charge in [0.2, 0.25) is 0 Å². The van der Waals surface area contributed by atoms with Gasteiger partial charge in [0, 0.05) is 19.7 Å². The van der Waals surface area contributed by atoms with Gasteiger partial charge >= 0.3 is 12.0 Å². The molecule has 0 fully saturated rings. The molecule has 0 unspecified atom stereocenters. The number of hydrogen-bond acceptors (Lipinski definition) is 3. The Morgan fingerprint density at radius 2 is 2.11 bits per heavy atom. The minimum Gasteiger partial charge on any atom is -0.481 e. The lowest BCUT2D eigenvalue weighted by Gasteiger charge is -2.23. The van der Waals surface area contributed by atoms with E-state index in [1.807, 2.05) is 20.8 Å². The lowest BCUT2D eigenvalue weighted by molar-refractivity contribution is -0.137. The molecule has 2 N–H and O–H groups in total. The molecular formula is C12H20N4O3. The molecule has 19 heavy (non-hydrogen) atoms. The highest BCUT2D eigenvalue weighted by Gasteiger charge is 2.19. The first-order valence-electron chi connectivity index (χ1n) is 6.00. The van der Waals surface area contributed by atoms with E-state index in [1.54, 1.807) is 24.0 Å². The van der Waals surface area contributed by atoms with Crippen molar-refractivity contribution in [2.45, 2.75) is 32.7 Å². The summed E-state index contributed by atoms with van der Waals surface area (Å²) in [6.45, 7) is 6.09. The number of urea groups is 1. The summed E-state index contributed by atoms with van der Waals surface area (Å²) in [6.07, 6.45) is 1.53. The number of carbonyl (C=O) groups excluding carboxylic acids is 1. The number of amides is 2. The Kier molecular flexibility index (Phi) is 4.52. The van der Waals surface area contributed by atoms with Gasteiger partial charge in [0.25, 0.3) is 0 Å². The summed E-state index contributed by atoms with van der Waals surface area (Å²) in [6, 6.07) is 1.35. The van der Waals surface area contributed by atoms with Gasteiger partial charge in [-0.15, -0.1) is 0 Å². The SMILES string of the molecule is CN(CCC(=O)O)C(=O)Nc1ccnn1C(C)(C)C. The molecule has 0 aliphatic rings. The third-order valence-corrected chi connectivity index (χ3v) is 2.52. The molecule has 0 bridgehead atoms. The van der Waals surface area contributed by atoms with Crippen LogP contribution < -0.4 is 5.32 Å². The van der Waals surface area contributed by atoms with Crippen LogP contribution in [0.1, 0.15) is 27.2 Å². The lowest BCUT2D eigenvalue weighted by Crippen LogP contribution is -2.35. The summed E-state index contributed by atoms with van der Waals surface area (Å²) in [7, 11) is 1.55. The number of rotatable bonds is 4. The van der Waals surface area contributed by atoms with Gasteiger partial charge in [0.1, 0.15) is 5.82 Å². The fraction of sp³-hybridized carbons (Fsp3) is 0.583. The van der Waals surface area contributed by atoms with Crippen LogP contribution in [0.4, 0.5) is 10.6 Å². The number of nitrogens with zero attached hydrogens (tertiary/aromatic N) is 3. The molecule has 0 aliphatic carbocycles. The number of carboxylic acids is 1. The number of carboxylic acid groups (broad SMARTS) is 1. The highest BCUT2D eigenvalue weighted by Crippen LogP contribution is 2.19. The van der Waals surface area contributed by atoms with Crippen molar-refractivity contribution in [2.24, 2.45) is 0 Å². The van der Waals surface area contributed by atoms with E-state index < -0.39 is 5.97 Å². The predicted octanol–water partition coefficient (Wildman–Crippen LogP) is 1.58. The molecule has 0 atom stereocenters. The number of carbonyl (C=O) groups is 2. The van der Waals surface area contributed by atoms with E-state index in [0.717, 1.165) is 0 Å². The van der Waals surface area contributed by atoms with Crippen LogP contribution in [0.5, 0.6) is 0 Å². The molecule has 7 nitrogen and oxygen atoms in total. The minimum atomic E-state index is -0.931. The van der Waals surface area contributed by atoms with E-state index >= 15 is 0 Å². The Balaban J connectivity index is 2.67. The normalized spacial score (nSPS) is 11.2. The largest absolute Gasteiger partial charge is 0.481 e. The van der Waals surface area contributed by atoms with Gasteiger partial charge in [-0.25, -0.2) is 9.48 Å². The molecule has 1 aromatic rings. The van der Waals surface area contributed by atoms with Crippen LogP contribution in [-0.2, 0) is 10.3 Å². The maximum Gasteiger partial charge on any atom is 0.322 e. The van der Waals surface area contributed by atoms with Crippen LogP contribution in [0.3, 0.4) is 0 Å². The highest BCUT2D eigenvalue weighted by molar-refractivity contribution is 5.88. The number of nitrogens with one attached hydrogen (secondary N) is 1. The van der Waals surface area contributed by atoms with Crippen LogP contribution in [0.2, 0.25) is 0 Å². The maximum absolute atomic E-state index is 11.9. The van der Waals surface area contributed by atoms with Crippen molar-refractivity contribution in [3.05, 3.63) is 12.3 Å². The Labute approximate surface area is 112 Å². The molecule has 0 saturated heterocycles. The average molecular weight is 268 g/mol. The third-order valence-electron chi connectivity index (χ3n) is 2.52. The molecule has 0 aliphatic heterocycles. The van der Waals surface area contributed by atoms with E-state index in [4.69, 9.17) is 5.11 Å². The van der Waals surface area contributed by atoms with Gasteiger partial charge in [0.15, 0.2) is 0 Å². The molecule has 0 aromatic carbocycles. The Hall–Kier alpha value is -2.05. The van der Waals surface area contributed by atoms with Gasteiger partial charge in [-0.1, -0.05) is 0 Å². The standard InChI is InChI=1S/C12H20N4O3/c1-12(2,3)16-9(5-7-13-16)14-11(19)15(4)8-6-10(17)18/h5,7H,6,8H2,1-4H3,(H,14,19)(H,17,18). The number of aliphatic carboxylic acids is 1. The zero-order chi connectivity index (χ0) is 14.6. The second-order valence-electron chi connectivity index (χ2n) is 5.29. The number of anilines is 1. The van der Waals surface area contributed by atoms with E-state index in [0.29, 0.717) is 5.82 Å². The average Bonchev–Trinajstić information content (AvgIpc) is 2.73. The van der Waals surface area contributed by atoms with Crippen molar-refractivity contribution in [3.8, 4) is 0 Å². The molecule has 106 valence electrons. The van der Waals surface area contributed by atoms with Crippen molar-refractivity contribution in [3.63, 3.8) is 0 Å². The number of aromatic nitrogens is 2. The molecule has 0 saturated carbocycles. The van der Waals surface area contributed by atoms with Crippen molar-refractivity contribution in [1.29, 1.82) is 0 Å². The Morgan fingerprint density at radius 1 is 1.47 bits per heavy atom. The van der Waals surface area contributed by atoms with Gasteiger partial charge < -0.3 is 10.0 Å². The molecule has 2 amide bonds. The highest BCUT2D eigenvalue weighted by atomic mass is 16.4. The second-order valence-corrected chi connectivity index (χ2v) is 5.29. The molecule has 0 radical (unpaired) electrons. The molecule has 7 heteroatoms. The van der Waals surface area contributed by atoms with Gasteiger partial charge in [-0.2, -0.15) is 5.10 Å². The smallest absolute Gasteiger partial charge is 0.322 e.